The Kier molecular flexibility index (Phi) is 7.87. The van der Waals surface area contributed by atoms with E-state index in [0.29, 0.717) is 5.92 Å². The van der Waals surface area contributed by atoms with Gasteiger partial charge in [0.2, 0.25) is 0 Å². The van der Waals surface area contributed by atoms with Crippen molar-refractivity contribution in [3.8, 4) is 0 Å². The van der Waals surface area contributed by atoms with E-state index in [1.807, 2.05) is 6.08 Å². The van der Waals surface area contributed by atoms with Crippen LogP contribution in [0.4, 0.5) is 0 Å². The molecule has 0 aliphatic rings. The quantitative estimate of drug-likeness (QED) is 0.467. The predicted molar refractivity (Wildman–Crippen MR) is 65.2 cm³/mol. The van der Waals surface area contributed by atoms with Gasteiger partial charge in [-0.05, 0) is 43.6 Å². The summed E-state index contributed by atoms with van der Waals surface area (Å²) in [5.74, 6) is 2.22. The lowest BCUT2D eigenvalue weighted by Gasteiger charge is -2.26. The first-order chi connectivity index (χ1) is 6.63. The Morgan fingerprint density at radius 3 is 2.29 bits per heavy atom. The highest BCUT2D eigenvalue weighted by Gasteiger charge is 2.18. The molecule has 0 spiro atoms. The molecule has 0 saturated heterocycles. The molecule has 2 unspecified atom stereocenters. The standard InChI is InChI=1S/C13H27N/c1-5-6-7-8-9-13(11(2)3)12(4)10-14/h5,11-13H,1,6-10,14H2,2-4H3. The molecule has 0 amide bonds. The average molecular weight is 197 g/mol. The lowest BCUT2D eigenvalue weighted by molar-refractivity contribution is 0.252. The van der Waals surface area contributed by atoms with Gasteiger partial charge in [0.15, 0.2) is 0 Å². The smallest absolute Gasteiger partial charge is 0.00488 e. The van der Waals surface area contributed by atoms with Crippen molar-refractivity contribution in [3.05, 3.63) is 12.7 Å². The van der Waals surface area contributed by atoms with Crippen LogP contribution in [0.15, 0.2) is 12.7 Å². The second-order valence-corrected chi connectivity index (χ2v) is 4.69. The monoisotopic (exact) mass is 197 g/mol. The summed E-state index contributed by atoms with van der Waals surface area (Å²) in [5, 5.41) is 0. The number of nitrogens with two attached hydrogens (primary N) is 1. The van der Waals surface area contributed by atoms with E-state index in [1.54, 1.807) is 0 Å². The van der Waals surface area contributed by atoms with Crippen LogP contribution in [0.3, 0.4) is 0 Å². The van der Waals surface area contributed by atoms with Crippen molar-refractivity contribution in [3.63, 3.8) is 0 Å². The SMILES string of the molecule is C=CCCCCC(C(C)C)C(C)CN. The van der Waals surface area contributed by atoms with Gasteiger partial charge in [-0.2, -0.15) is 0 Å². The fraction of sp³-hybridized carbons (Fsp3) is 0.846. The van der Waals surface area contributed by atoms with Gasteiger partial charge in [-0.3, -0.25) is 0 Å². The molecular formula is C13H27N. The van der Waals surface area contributed by atoms with Crippen LogP contribution in [-0.4, -0.2) is 6.54 Å². The normalized spacial score (nSPS) is 15.5. The summed E-state index contributed by atoms with van der Waals surface area (Å²) in [6, 6.07) is 0. The number of rotatable bonds is 8. The zero-order chi connectivity index (χ0) is 11.0. The first kappa shape index (κ1) is 13.7. The van der Waals surface area contributed by atoms with Crippen LogP contribution in [0.5, 0.6) is 0 Å². The van der Waals surface area contributed by atoms with Crippen molar-refractivity contribution in [1.29, 1.82) is 0 Å². The lowest BCUT2D eigenvalue weighted by atomic mass is 9.81. The van der Waals surface area contributed by atoms with Crippen LogP contribution in [0.1, 0.15) is 46.5 Å². The zero-order valence-corrected chi connectivity index (χ0v) is 10.1. The van der Waals surface area contributed by atoms with Gasteiger partial charge in [0.05, 0.1) is 0 Å². The lowest BCUT2D eigenvalue weighted by Crippen LogP contribution is -2.24. The molecule has 0 aliphatic carbocycles. The van der Waals surface area contributed by atoms with E-state index >= 15 is 0 Å². The van der Waals surface area contributed by atoms with Gasteiger partial charge in [-0.25, -0.2) is 0 Å². The van der Waals surface area contributed by atoms with Crippen molar-refractivity contribution in [2.75, 3.05) is 6.54 Å². The van der Waals surface area contributed by atoms with Crippen molar-refractivity contribution in [2.24, 2.45) is 23.5 Å². The Labute approximate surface area is 89.8 Å². The van der Waals surface area contributed by atoms with Gasteiger partial charge >= 0.3 is 0 Å². The summed E-state index contributed by atoms with van der Waals surface area (Å²) in [5.41, 5.74) is 5.72. The minimum absolute atomic E-state index is 0.665. The Hall–Kier alpha value is -0.300. The molecular weight excluding hydrogens is 170 g/mol. The molecule has 0 aliphatic heterocycles. The Morgan fingerprint density at radius 2 is 1.86 bits per heavy atom. The number of hydrogen-bond acceptors (Lipinski definition) is 1. The second-order valence-electron chi connectivity index (χ2n) is 4.69. The highest BCUT2D eigenvalue weighted by Crippen LogP contribution is 2.26. The number of unbranched alkanes of at least 4 members (excludes halogenated alkanes) is 2. The van der Waals surface area contributed by atoms with Crippen LogP contribution >= 0.6 is 0 Å². The summed E-state index contributed by atoms with van der Waals surface area (Å²) in [6.07, 6.45) is 7.09. The molecule has 0 saturated carbocycles. The van der Waals surface area contributed by atoms with Gasteiger partial charge in [0.1, 0.15) is 0 Å². The first-order valence-corrected chi connectivity index (χ1v) is 5.94. The van der Waals surface area contributed by atoms with E-state index in [0.717, 1.165) is 24.8 Å². The Morgan fingerprint density at radius 1 is 1.21 bits per heavy atom. The molecule has 1 nitrogen and oxygen atoms in total. The zero-order valence-electron chi connectivity index (χ0n) is 10.1. The number of allylic oxidation sites excluding steroid dienone is 1. The highest BCUT2D eigenvalue weighted by atomic mass is 14.5. The fourth-order valence-electron chi connectivity index (χ4n) is 2.12. The molecule has 2 N–H and O–H groups in total. The fourth-order valence-corrected chi connectivity index (χ4v) is 2.12. The van der Waals surface area contributed by atoms with E-state index in [9.17, 15) is 0 Å². The summed E-state index contributed by atoms with van der Waals surface area (Å²) >= 11 is 0. The van der Waals surface area contributed by atoms with Crippen molar-refractivity contribution in [2.45, 2.75) is 46.5 Å². The van der Waals surface area contributed by atoms with E-state index in [1.165, 1.54) is 19.3 Å². The largest absolute Gasteiger partial charge is 0.330 e. The first-order valence-electron chi connectivity index (χ1n) is 5.94. The van der Waals surface area contributed by atoms with Crippen LogP contribution in [0, 0.1) is 17.8 Å². The van der Waals surface area contributed by atoms with Crippen LogP contribution in [0.2, 0.25) is 0 Å². The third-order valence-corrected chi connectivity index (χ3v) is 3.15. The molecule has 0 fully saturated rings. The molecule has 0 radical (unpaired) electrons. The summed E-state index contributed by atoms with van der Waals surface area (Å²) < 4.78 is 0. The average Bonchev–Trinajstić information content (AvgIpc) is 2.16. The molecule has 84 valence electrons. The van der Waals surface area contributed by atoms with E-state index in [2.05, 4.69) is 27.4 Å². The molecule has 0 bridgehead atoms. The molecule has 0 aromatic rings. The highest BCUT2D eigenvalue weighted by molar-refractivity contribution is 4.72. The Balaban J connectivity index is 3.79. The summed E-state index contributed by atoms with van der Waals surface area (Å²) in [7, 11) is 0. The van der Waals surface area contributed by atoms with E-state index < -0.39 is 0 Å². The van der Waals surface area contributed by atoms with Gasteiger partial charge in [0.25, 0.3) is 0 Å². The third kappa shape index (κ3) is 5.43. The molecule has 1 heteroatoms. The van der Waals surface area contributed by atoms with Crippen LogP contribution in [-0.2, 0) is 0 Å². The van der Waals surface area contributed by atoms with Crippen LogP contribution < -0.4 is 5.73 Å². The van der Waals surface area contributed by atoms with Gasteiger partial charge in [0, 0.05) is 0 Å². The second kappa shape index (κ2) is 8.05. The maximum Gasteiger partial charge on any atom is -0.00488 e. The molecule has 0 heterocycles. The molecule has 0 aromatic heterocycles. The summed E-state index contributed by atoms with van der Waals surface area (Å²) in [6.45, 7) is 11.5. The van der Waals surface area contributed by atoms with Gasteiger partial charge in [-0.1, -0.05) is 33.3 Å². The third-order valence-electron chi connectivity index (χ3n) is 3.15. The van der Waals surface area contributed by atoms with Crippen molar-refractivity contribution in [1.82, 2.24) is 0 Å². The number of hydrogen-bond donors (Lipinski definition) is 1. The van der Waals surface area contributed by atoms with E-state index in [-0.39, 0.29) is 0 Å². The molecule has 0 aromatic carbocycles. The minimum Gasteiger partial charge on any atom is -0.330 e. The van der Waals surface area contributed by atoms with Gasteiger partial charge in [-0.15, -0.1) is 6.58 Å². The molecule has 14 heavy (non-hydrogen) atoms. The topological polar surface area (TPSA) is 26.0 Å². The molecule has 2 atom stereocenters. The maximum absolute atomic E-state index is 5.72. The predicted octanol–water partition coefficient (Wildman–Crippen LogP) is 3.60. The Bertz CT molecular complexity index is 140. The van der Waals surface area contributed by atoms with Crippen LogP contribution in [0.25, 0.3) is 0 Å². The van der Waals surface area contributed by atoms with Crippen molar-refractivity contribution >= 4 is 0 Å². The van der Waals surface area contributed by atoms with Gasteiger partial charge < -0.3 is 5.73 Å². The summed E-state index contributed by atoms with van der Waals surface area (Å²) in [4.78, 5) is 0. The van der Waals surface area contributed by atoms with Crippen molar-refractivity contribution < 1.29 is 0 Å². The minimum atomic E-state index is 0.665. The maximum atomic E-state index is 5.72. The molecule has 0 rings (SSSR count). The van der Waals surface area contributed by atoms with E-state index in [4.69, 9.17) is 5.73 Å².